The van der Waals surface area contributed by atoms with Crippen molar-refractivity contribution in [1.82, 2.24) is 0 Å². The Labute approximate surface area is 45.7 Å². The van der Waals surface area contributed by atoms with Crippen molar-refractivity contribution in [3.63, 3.8) is 0 Å². The lowest BCUT2D eigenvalue weighted by molar-refractivity contribution is 1.34. The topological polar surface area (TPSA) is 0 Å². The Morgan fingerprint density at radius 2 is 1.29 bits per heavy atom. The van der Waals surface area contributed by atoms with Gasteiger partial charge in [-0.1, -0.05) is 24.3 Å². The fourth-order valence-electron chi connectivity index (χ4n) is 1.33. The van der Waals surface area contributed by atoms with Crippen molar-refractivity contribution >= 4 is 9.52 Å². The average molecular weight is 108 g/mol. The Kier molecular flexibility index (Phi) is 0.576. The predicted octanol–water partition coefficient (Wildman–Crippen LogP) is 0.872. The summed E-state index contributed by atoms with van der Waals surface area (Å²) >= 11 is 0. The lowest BCUT2D eigenvalue weighted by Crippen LogP contribution is -1.86. The first-order valence-electron chi connectivity index (χ1n) is 2.82. The summed E-state index contributed by atoms with van der Waals surface area (Å²) in [5.41, 5.74) is 1.90. The summed E-state index contributed by atoms with van der Waals surface area (Å²) in [6.07, 6.45) is 9.43. The number of hydrogen-bond acceptors (Lipinski definition) is 0. The molecule has 0 aromatic carbocycles. The molecule has 2 aliphatic rings. The zero-order valence-corrected chi connectivity index (χ0v) is 5.59. The van der Waals surface area contributed by atoms with E-state index < -0.39 is 0 Å². The molecular weight excluding hydrogens is 100 g/mol. The van der Waals surface area contributed by atoms with Gasteiger partial charge in [0.2, 0.25) is 0 Å². The van der Waals surface area contributed by atoms with E-state index in [0.29, 0.717) is 0 Å². The van der Waals surface area contributed by atoms with Gasteiger partial charge in [0, 0.05) is 9.52 Å². The second kappa shape index (κ2) is 1.10. The Bertz CT molecular complexity index is 107. The van der Waals surface area contributed by atoms with Crippen LogP contribution in [-0.2, 0) is 0 Å². The minimum atomic E-state index is 0.281. The second-order valence-corrected chi connectivity index (χ2v) is 4.69. The largest absolute Gasteiger partial charge is 0.0847 e. The molecule has 0 atom stereocenters. The molecule has 2 rings (SSSR count). The zero-order chi connectivity index (χ0) is 4.69. The van der Waals surface area contributed by atoms with E-state index in [4.69, 9.17) is 0 Å². The van der Waals surface area contributed by atoms with E-state index >= 15 is 0 Å². The maximum Gasteiger partial charge on any atom is 0.0451 e. The zero-order valence-electron chi connectivity index (χ0n) is 4.17. The van der Waals surface area contributed by atoms with Gasteiger partial charge in [-0.05, 0) is 11.1 Å². The average Bonchev–Trinajstić information content (AvgIpc) is 2.22. The summed E-state index contributed by atoms with van der Waals surface area (Å²) in [4.78, 5) is 0. The molecule has 0 aliphatic carbocycles. The van der Waals surface area contributed by atoms with Crippen LogP contribution in [0.3, 0.4) is 0 Å². The first-order valence-corrected chi connectivity index (χ1v) is 4.45. The van der Waals surface area contributed by atoms with Gasteiger partial charge in [-0.15, -0.1) is 0 Å². The van der Waals surface area contributed by atoms with E-state index in [1.165, 1.54) is 0 Å². The number of allylic oxidation sites excluding steroid dienone is 4. The highest BCUT2D eigenvalue weighted by molar-refractivity contribution is 6.45. The monoisotopic (exact) mass is 108 g/mol. The molecule has 0 saturated carbocycles. The molecule has 0 spiro atoms. The van der Waals surface area contributed by atoms with Crippen molar-refractivity contribution in [1.29, 1.82) is 0 Å². The Morgan fingerprint density at radius 1 is 0.857 bits per heavy atom. The van der Waals surface area contributed by atoms with Crippen molar-refractivity contribution in [3.8, 4) is 0 Å². The fourth-order valence-corrected chi connectivity index (χ4v) is 3.21. The molecule has 2 heterocycles. The normalized spacial score (nSPS) is 46.9. The molecule has 0 unspecified atom stereocenters. The van der Waals surface area contributed by atoms with Crippen molar-refractivity contribution in [2.24, 2.45) is 0 Å². The van der Waals surface area contributed by atoms with Gasteiger partial charge in [0.15, 0.2) is 0 Å². The quantitative estimate of drug-likeness (QED) is 0.319. The Morgan fingerprint density at radius 3 is 1.43 bits per heavy atom. The third-order valence-electron chi connectivity index (χ3n) is 1.76. The van der Waals surface area contributed by atoms with Crippen molar-refractivity contribution < 1.29 is 0 Å². The second-order valence-electron chi connectivity index (χ2n) is 2.33. The maximum absolute atomic E-state index is 2.36. The minimum absolute atomic E-state index is 0.281. The van der Waals surface area contributed by atoms with Crippen LogP contribution in [0.2, 0.25) is 11.1 Å². The smallest absolute Gasteiger partial charge is 0.0451 e. The summed E-state index contributed by atoms with van der Waals surface area (Å²) < 4.78 is 0. The summed E-state index contributed by atoms with van der Waals surface area (Å²) in [6, 6.07) is 0. The maximum atomic E-state index is 2.36. The Balaban J connectivity index is 2.38. The van der Waals surface area contributed by atoms with Gasteiger partial charge < -0.3 is 0 Å². The van der Waals surface area contributed by atoms with E-state index in [9.17, 15) is 0 Å². The van der Waals surface area contributed by atoms with Crippen LogP contribution in [0.15, 0.2) is 24.3 Å². The van der Waals surface area contributed by atoms with Gasteiger partial charge in [0.25, 0.3) is 0 Å². The van der Waals surface area contributed by atoms with Crippen LogP contribution in [0.4, 0.5) is 0 Å². The number of hydrogen-bond donors (Lipinski definition) is 0. The summed E-state index contributed by atoms with van der Waals surface area (Å²) in [5.74, 6) is 0. The molecule has 0 saturated heterocycles. The molecule has 0 aromatic heterocycles. The van der Waals surface area contributed by atoms with Crippen LogP contribution < -0.4 is 0 Å². The molecule has 36 valence electrons. The molecule has 7 heavy (non-hydrogen) atoms. The van der Waals surface area contributed by atoms with Gasteiger partial charge in [-0.2, -0.15) is 0 Å². The highest BCUT2D eigenvalue weighted by Crippen LogP contribution is 2.33. The molecule has 0 nitrogen and oxygen atoms in total. The van der Waals surface area contributed by atoms with E-state index in [0.717, 1.165) is 11.1 Å². The minimum Gasteiger partial charge on any atom is -0.0847 e. The van der Waals surface area contributed by atoms with E-state index in [1.54, 1.807) is 0 Å². The SMILES string of the molecule is C1=CC2C=CC1[SiH2]2. The third kappa shape index (κ3) is 0.415. The van der Waals surface area contributed by atoms with Gasteiger partial charge >= 0.3 is 0 Å². The standard InChI is InChI=1S/C6H8Si/c1-2-6-4-3-5(1)7-6/h1-6H,7H2. The van der Waals surface area contributed by atoms with Crippen molar-refractivity contribution in [3.05, 3.63) is 24.3 Å². The first kappa shape index (κ1) is 3.67. The van der Waals surface area contributed by atoms with Gasteiger partial charge in [-0.25, -0.2) is 0 Å². The van der Waals surface area contributed by atoms with Crippen molar-refractivity contribution in [2.75, 3.05) is 0 Å². The number of fused-ring (bicyclic) bond motifs is 2. The van der Waals surface area contributed by atoms with Crippen LogP contribution in [0.25, 0.3) is 0 Å². The van der Waals surface area contributed by atoms with Crippen LogP contribution >= 0.6 is 0 Å². The molecule has 0 aromatic rings. The predicted molar refractivity (Wildman–Crippen MR) is 34.3 cm³/mol. The van der Waals surface area contributed by atoms with Crippen LogP contribution in [-0.4, -0.2) is 9.52 Å². The molecule has 0 N–H and O–H groups in total. The fraction of sp³-hybridized carbons (Fsp3) is 0.333. The highest BCUT2D eigenvalue weighted by atomic mass is 28.2. The molecule has 0 amide bonds. The molecular formula is C6H8Si. The first-order chi connectivity index (χ1) is 3.45. The Hall–Kier alpha value is -0.303. The molecule has 1 heteroatoms. The summed E-state index contributed by atoms with van der Waals surface area (Å²) in [5, 5.41) is 0. The molecule has 2 bridgehead atoms. The van der Waals surface area contributed by atoms with Gasteiger partial charge in [0.05, 0.1) is 0 Å². The van der Waals surface area contributed by atoms with E-state index in [1.807, 2.05) is 0 Å². The highest BCUT2D eigenvalue weighted by Gasteiger charge is 2.19. The third-order valence-corrected chi connectivity index (χ3v) is 3.93. The molecule has 0 fully saturated rings. The summed E-state index contributed by atoms with van der Waals surface area (Å²) in [6.45, 7) is 0. The van der Waals surface area contributed by atoms with Gasteiger partial charge in [0.1, 0.15) is 0 Å². The van der Waals surface area contributed by atoms with E-state index in [-0.39, 0.29) is 9.52 Å². The van der Waals surface area contributed by atoms with Gasteiger partial charge in [-0.3, -0.25) is 0 Å². The van der Waals surface area contributed by atoms with Crippen molar-refractivity contribution in [2.45, 2.75) is 11.1 Å². The lowest BCUT2D eigenvalue weighted by atomic mass is 10.2. The van der Waals surface area contributed by atoms with Crippen LogP contribution in [0.5, 0.6) is 0 Å². The molecule has 2 aliphatic heterocycles. The summed E-state index contributed by atoms with van der Waals surface area (Å²) in [7, 11) is 0.281. The van der Waals surface area contributed by atoms with E-state index in [2.05, 4.69) is 24.3 Å². The van der Waals surface area contributed by atoms with Crippen LogP contribution in [0, 0.1) is 0 Å². The number of rotatable bonds is 0. The van der Waals surface area contributed by atoms with Crippen LogP contribution in [0.1, 0.15) is 0 Å². The molecule has 0 radical (unpaired) electrons. The lowest BCUT2D eigenvalue weighted by Gasteiger charge is -1.87.